The Morgan fingerprint density at radius 3 is 1.84 bits per heavy atom. The van der Waals surface area contributed by atoms with Crippen molar-refractivity contribution in [1.82, 2.24) is 5.32 Å². The molecule has 8 heteroatoms. The van der Waals surface area contributed by atoms with Crippen molar-refractivity contribution < 1.29 is 31.1 Å². The molecule has 2 nitrogen and oxygen atoms in total. The van der Waals surface area contributed by atoms with Crippen molar-refractivity contribution in [1.29, 1.82) is 0 Å². The van der Waals surface area contributed by atoms with Crippen molar-refractivity contribution in [2.75, 3.05) is 6.61 Å². The molecular weight excluding hydrogens is 492 g/mol. The average Bonchev–Trinajstić information content (AvgIpc) is 2.84. The van der Waals surface area contributed by atoms with E-state index in [9.17, 15) is 26.3 Å². The maximum Gasteiger partial charge on any atom is 0.416 e. The molecule has 3 aromatic carbocycles. The molecule has 1 atom stereocenters. The topological polar surface area (TPSA) is 21.3 Å². The fraction of sp³-hybridized carbons (Fsp3) is 0.379. The SMILES string of the molecule is C[C@@H](OC[C@]1(c2ccccc2)C[C@](C)(NCc2ccccc2)C1)c1cc(C(F)(F)F)cc(C(F)(F)F)c1. The van der Waals surface area contributed by atoms with E-state index in [1.807, 2.05) is 60.7 Å². The summed E-state index contributed by atoms with van der Waals surface area (Å²) >= 11 is 0. The molecule has 198 valence electrons. The molecule has 0 spiro atoms. The van der Waals surface area contributed by atoms with Gasteiger partial charge in [0.25, 0.3) is 0 Å². The van der Waals surface area contributed by atoms with Gasteiger partial charge < -0.3 is 10.1 Å². The van der Waals surface area contributed by atoms with Crippen LogP contribution in [0.2, 0.25) is 0 Å². The third-order valence-corrected chi connectivity index (χ3v) is 7.09. The smallest absolute Gasteiger partial charge is 0.373 e. The summed E-state index contributed by atoms with van der Waals surface area (Å²) in [6, 6.07) is 21.3. The normalized spacial score (nSPS) is 22.9. The van der Waals surface area contributed by atoms with E-state index >= 15 is 0 Å². The number of rotatable bonds is 8. The average molecular weight is 522 g/mol. The van der Waals surface area contributed by atoms with Crippen LogP contribution in [0.5, 0.6) is 0 Å². The number of hydrogen-bond donors (Lipinski definition) is 1. The van der Waals surface area contributed by atoms with Crippen molar-refractivity contribution in [3.05, 3.63) is 107 Å². The molecule has 0 saturated heterocycles. The predicted molar refractivity (Wildman–Crippen MR) is 130 cm³/mol. The van der Waals surface area contributed by atoms with Gasteiger partial charge in [-0.15, -0.1) is 0 Å². The largest absolute Gasteiger partial charge is 0.416 e. The van der Waals surface area contributed by atoms with Crippen LogP contribution in [-0.2, 0) is 29.0 Å². The molecule has 1 N–H and O–H groups in total. The Morgan fingerprint density at radius 1 is 0.811 bits per heavy atom. The van der Waals surface area contributed by atoms with Crippen molar-refractivity contribution in [3.63, 3.8) is 0 Å². The minimum atomic E-state index is -4.90. The molecule has 37 heavy (non-hydrogen) atoms. The summed E-state index contributed by atoms with van der Waals surface area (Å²) in [5, 5.41) is 3.60. The van der Waals surface area contributed by atoms with Crippen LogP contribution in [0, 0.1) is 0 Å². The van der Waals surface area contributed by atoms with Crippen LogP contribution in [0.15, 0.2) is 78.9 Å². The van der Waals surface area contributed by atoms with E-state index in [1.54, 1.807) is 0 Å². The first-order chi connectivity index (χ1) is 17.3. The van der Waals surface area contributed by atoms with Gasteiger partial charge in [-0.25, -0.2) is 0 Å². The van der Waals surface area contributed by atoms with Gasteiger partial charge in [0.15, 0.2) is 0 Å². The van der Waals surface area contributed by atoms with Gasteiger partial charge in [-0.1, -0.05) is 60.7 Å². The van der Waals surface area contributed by atoms with Crippen molar-refractivity contribution in [2.24, 2.45) is 0 Å². The van der Waals surface area contributed by atoms with Gasteiger partial charge in [-0.05, 0) is 61.6 Å². The Hall–Kier alpha value is -2.84. The number of alkyl halides is 6. The number of ether oxygens (including phenoxy) is 1. The second kappa shape index (κ2) is 10.1. The molecule has 4 rings (SSSR count). The van der Waals surface area contributed by atoms with Gasteiger partial charge in [-0.2, -0.15) is 26.3 Å². The van der Waals surface area contributed by atoms with E-state index in [4.69, 9.17) is 4.74 Å². The summed E-state index contributed by atoms with van der Waals surface area (Å²) in [7, 11) is 0. The molecule has 1 fully saturated rings. The highest BCUT2D eigenvalue weighted by atomic mass is 19.4. The Kier molecular flexibility index (Phi) is 7.45. The van der Waals surface area contributed by atoms with Crippen LogP contribution in [0.3, 0.4) is 0 Å². The highest BCUT2D eigenvalue weighted by Crippen LogP contribution is 2.51. The number of nitrogens with one attached hydrogen (secondary N) is 1. The van der Waals surface area contributed by atoms with Gasteiger partial charge in [0.1, 0.15) is 0 Å². The summed E-state index contributed by atoms with van der Waals surface area (Å²) in [5.74, 6) is 0. The van der Waals surface area contributed by atoms with Crippen LogP contribution in [0.1, 0.15) is 60.6 Å². The summed E-state index contributed by atoms with van der Waals surface area (Å²) in [6.45, 7) is 4.45. The van der Waals surface area contributed by atoms with Crippen LogP contribution in [0.25, 0.3) is 0 Å². The predicted octanol–water partition coefficient (Wildman–Crippen LogP) is 8.08. The molecule has 0 bridgehead atoms. The van der Waals surface area contributed by atoms with Crippen LogP contribution >= 0.6 is 0 Å². The van der Waals surface area contributed by atoms with E-state index in [0.29, 0.717) is 19.4 Å². The molecule has 0 amide bonds. The van der Waals surface area contributed by atoms with Gasteiger partial charge >= 0.3 is 12.4 Å². The second-order valence-electron chi connectivity index (χ2n) is 10.2. The third-order valence-electron chi connectivity index (χ3n) is 7.09. The maximum atomic E-state index is 13.3. The molecule has 0 aliphatic heterocycles. The van der Waals surface area contributed by atoms with E-state index < -0.39 is 35.0 Å². The van der Waals surface area contributed by atoms with E-state index in [0.717, 1.165) is 23.3 Å². The summed E-state index contributed by atoms with van der Waals surface area (Å²) in [4.78, 5) is 0. The van der Waals surface area contributed by atoms with Crippen LogP contribution in [0.4, 0.5) is 26.3 Å². The van der Waals surface area contributed by atoms with Gasteiger partial charge in [0.05, 0.1) is 23.8 Å². The summed E-state index contributed by atoms with van der Waals surface area (Å²) < 4.78 is 86.0. The van der Waals surface area contributed by atoms with Crippen molar-refractivity contribution in [3.8, 4) is 0 Å². The maximum absolute atomic E-state index is 13.3. The first kappa shape index (κ1) is 27.2. The highest BCUT2D eigenvalue weighted by Gasteiger charge is 2.53. The zero-order chi connectivity index (χ0) is 26.9. The van der Waals surface area contributed by atoms with Crippen LogP contribution in [-0.4, -0.2) is 12.1 Å². The minimum Gasteiger partial charge on any atom is -0.373 e. The zero-order valence-corrected chi connectivity index (χ0v) is 20.6. The Labute approximate surface area is 212 Å². The Balaban J connectivity index is 1.52. The molecule has 0 heterocycles. The lowest BCUT2D eigenvalue weighted by atomic mass is 9.55. The van der Waals surface area contributed by atoms with Gasteiger partial charge in [0.2, 0.25) is 0 Å². The lowest BCUT2D eigenvalue weighted by Gasteiger charge is -2.56. The first-order valence-electron chi connectivity index (χ1n) is 12.1. The number of halogens is 6. The standard InChI is InChI=1S/C29H29F6NO/c1-20(22-13-24(28(30,31)32)15-25(14-22)29(33,34)35)37-19-27(23-11-7-4-8-12-23)17-26(2,18-27)36-16-21-9-5-3-6-10-21/h3-15,20,36H,16-19H2,1-2H3/t20-,26-,27-/m1/s1. The van der Waals surface area contributed by atoms with Gasteiger partial charge in [0, 0.05) is 17.5 Å². The molecule has 3 aromatic rings. The molecule has 1 aliphatic rings. The third kappa shape index (κ3) is 6.36. The molecule has 1 saturated carbocycles. The van der Waals surface area contributed by atoms with E-state index in [2.05, 4.69) is 12.2 Å². The molecular formula is C29H29F6NO. The number of benzene rings is 3. The highest BCUT2D eigenvalue weighted by molar-refractivity contribution is 5.35. The van der Waals surface area contributed by atoms with E-state index in [1.165, 1.54) is 6.92 Å². The lowest BCUT2D eigenvalue weighted by molar-refractivity contribution is -0.143. The Morgan fingerprint density at radius 2 is 1.32 bits per heavy atom. The van der Waals surface area contributed by atoms with Gasteiger partial charge in [-0.3, -0.25) is 0 Å². The monoisotopic (exact) mass is 521 g/mol. The fourth-order valence-electron chi connectivity index (χ4n) is 5.25. The van der Waals surface area contributed by atoms with Crippen molar-refractivity contribution >= 4 is 0 Å². The molecule has 0 unspecified atom stereocenters. The van der Waals surface area contributed by atoms with Crippen LogP contribution < -0.4 is 5.32 Å². The molecule has 0 aromatic heterocycles. The first-order valence-corrected chi connectivity index (χ1v) is 12.1. The number of hydrogen-bond acceptors (Lipinski definition) is 2. The minimum absolute atomic E-state index is 0.136. The van der Waals surface area contributed by atoms with E-state index in [-0.39, 0.29) is 23.8 Å². The fourth-order valence-corrected chi connectivity index (χ4v) is 5.25. The molecule has 1 aliphatic carbocycles. The zero-order valence-electron chi connectivity index (χ0n) is 20.6. The second-order valence-corrected chi connectivity index (χ2v) is 10.2. The Bertz CT molecular complexity index is 1150. The lowest BCUT2D eigenvalue weighted by Crippen LogP contribution is -2.62. The summed E-state index contributed by atoms with van der Waals surface area (Å²) in [5.41, 5.74) is -1.27. The summed E-state index contributed by atoms with van der Waals surface area (Å²) in [6.07, 6.45) is -9.35. The van der Waals surface area contributed by atoms with Crippen molar-refractivity contribution in [2.45, 2.75) is 62.6 Å². The molecule has 0 radical (unpaired) electrons. The quantitative estimate of drug-likeness (QED) is 0.303.